The van der Waals surface area contributed by atoms with E-state index in [1.54, 1.807) is 0 Å². The fraction of sp³-hybridized carbons (Fsp3) is 0. The normalized spacial score (nSPS) is 12.6. The van der Waals surface area contributed by atoms with Crippen molar-refractivity contribution in [2.24, 2.45) is 0 Å². The second-order valence-electron chi connectivity index (χ2n) is 15.5. The number of benzene rings is 9. The summed E-state index contributed by atoms with van der Waals surface area (Å²) in [7, 11) is 0. The quantitative estimate of drug-likeness (QED) is 0.168. The molecule has 0 bridgehead atoms. The molecule has 0 saturated heterocycles. The van der Waals surface area contributed by atoms with Gasteiger partial charge in [0.15, 0.2) is 0 Å². The van der Waals surface area contributed by atoms with Crippen LogP contribution in [0.25, 0.3) is 93.9 Å². The summed E-state index contributed by atoms with van der Waals surface area (Å²) >= 11 is 0. The number of rotatable bonds is 4. The summed E-state index contributed by atoms with van der Waals surface area (Å²) in [5, 5.41) is 4.74. The number of ether oxygens (including phenoxy) is 1. The molecular weight excluding hydrogens is 721 g/mol. The van der Waals surface area contributed by atoms with Crippen LogP contribution in [0.4, 0.5) is 0 Å². The maximum atomic E-state index is 7.00. The number of hydrogen-bond donors (Lipinski definition) is 0. The molecule has 0 saturated carbocycles. The molecular formula is C54H32BNO3. The minimum absolute atomic E-state index is 0.307. The number of furan rings is 1. The Hall–Kier alpha value is -7.76. The molecule has 2 aromatic heterocycles. The summed E-state index contributed by atoms with van der Waals surface area (Å²) < 4.78 is 22.7. The highest BCUT2D eigenvalue weighted by Gasteiger charge is 2.41. The Kier molecular flexibility index (Phi) is 6.78. The van der Waals surface area contributed by atoms with Gasteiger partial charge in [-0.15, -0.1) is 0 Å². The van der Waals surface area contributed by atoms with Crippen molar-refractivity contribution in [1.82, 2.24) is 4.57 Å². The Bertz CT molecular complexity index is 3470. The molecule has 0 fully saturated rings. The zero-order valence-corrected chi connectivity index (χ0v) is 31.7. The fourth-order valence-corrected chi connectivity index (χ4v) is 9.63. The van der Waals surface area contributed by atoms with Gasteiger partial charge in [-0.25, -0.2) is 0 Å². The van der Waals surface area contributed by atoms with Crippen molar-refractivity contribution in [3.63, 3.8) is 0 Å². The summed E-state index contributed by atoms with van der Waals surface area (Å²) in [5.41, 5.74) is 16.1. The van der Waals surface area contributed by atoms with E-state index >= 15 is 0 Å². The molecule has 2 aliphatic rings. The highest BCUT2D eigenvalue weighted by atomic mass is 16.5. The second-order valence-corrected chi connectivity index (χ2v) is 15.5. The molecule has 4 nitrogen and oxygen atoms in total. The Morgan fingerprint density at radius 1 is 0.390 bits per heavy atom. The number of nitrogens with zero attached hydrogens (tertiary/aromatic N) is 1. The molecule has 0 amide bonds. The minimum Gasteiger partial charge on any atom is -0.551 e. The molecule has 0 aliphatic carbocycles. The van der Waals surface area contributed by atoms with Gasteiger partial charge in [0.05, 0.1) is 11.0 Å². The summed E-state index contributed by atoms with van der Waals surface area (Å²) in [5.74, 6) is 2.47. The fourth-order valence-electron chi connectivity index (χ4n) is 9.63. The minimum atomic E-state index is -0.307. The van der Waals surface area contributed by atoms with Crippen molar-refractivity contribution in [2.45, 2.75) is 0 Å². The van der Waals surface area contributed by atoms with Gasteiger partial charge in [-0.2, -0.15) is 0 Å². The van der Waals surface area contributed by atoms with Gasteiger partial charge in [-0.3, -0.25) is 0 Å². The van der Waals surface area contributed by atoms with Crippen LogP contribution in [-0.4, -0.2) is 11.5 Å². The van der Waals surface area contributed by atoms with E-state index in [1.807, 2.05) is 18.2 Å². The third-order valence-corrected chi connectivity index (χ3v) is 12.3. The lowest BCUT2D eigenvalue weighted by atomic mass is 9.50. The van der Waals surface area contributed by atoms with Gasteiger partial charge in [0.25, 0.3) is 0 Å². The first-order valence-corrected chi connectivity index (χ1v) is 20.1. The van der Waals surface area contributed by atoms with Crippen molar-refractivity contribution in [3.8, 4) is 67.4 Å². The third kappa shape index (κ3) is 4.79. The standard InChI is InChI=1S/C54H32BNO3/c1-2-13-38(43-18-11-19-44-41-16-5-9-22-49(41)58-54(43)44)37(12-1)35-30-45-42-17-6-10-23-50(42)59-55-46-29-26-34(31-51(46)57-52(32-35)53(45)55)33-24-27-36(28-25-33)56-47-20-7-3-14-39(47)40-15-4-8-21-48(40)56/h1-32H. The molecule has 274 valence electrons. The molecule has 13 rings (SSSR count). The average molecular weight is 754 g/mol. The summed E-state index contributed by atoms with van der Waals surface area (Å²) in [4.78, 5) is 0. The van der Waals surface area contributed by atoms with Crippen molar-refractivity contribution in [1.29, 1.82) is 0 Å². The monoisotopic (exact) mass is 753 g/mol. The molecule has 59 heavy (non-hydrogen) atoms. The van der Waals surface area contributed by atoms with Gasteiger partial charge < -0.3 is 18.4 Å². The first-order chi connectivity index (χ1) is 29.2. The van der Waals surface area contributed by atoms with E-state index in [2.05, 4.69) is 180 Å². The molecule has 2 aliphatic heterocycles. The largest absolute Gasteiger partial charge is 0.551 e. The molecule has 5 heteroatoms. The van der Waals surface area contributed by atoms with Crippen LogP contribution in [0.15, 0.2) is 199 Å². The zero-order valence-electron chi connectivity index (χ0n) is 31.7. The smallest absolute Gasteiger partial charge is 0.434 e. The van der Waals surface area contributed by atoms with Crippen molar-refractivity contribution < 1.29 is 13.8 Å². The summed E-state index contributed by atoms with van der Waals surface area (Å²) in [6.45, 7) is -0.307. The van der Waals surface area contributed by atoms with E-state index in [1.165, 1.54) is 21.8 Å². The van der Waals surface area contributed by atoms with E-state index in [4.69, 9.17) is 13.8 Å². The van der Waals surface area contributed by atoms with Crippen LogP contribution < -0.4 is 20.3 Å². The van der Waals surface area contributed by atoms with Gasteiger partial charge in [0.2, 0.25) is 0 Å². The van der Waals surface area contributed by atoms with Crippen LogP contribution in [0.2, 0.25) is 0 Å². The SMILES string of the molecule is c1ccc2c(c1)OB1c3ccc(-c4ccc(-n5c6ccccc6c6ccccc65)cc4)cc3Oc3cc(-c4ccccc4-c4cccc5c4oc4ccccc45)cc-2c31. The second kappa shape index (κ2) is 12.4. The average Bonchev–Trinajstić information content (AvgIpc) is 3.85. The topological polar surface area (TPSA) is 36.5 Å². The molecule has 4 heterocycles. The van der Waals surface area contributed by atoms with E-state index in [0.29, 0.717) is 0 Å². The lowest BCUT2D eigenvalue weighted by Crippen LogP contribution is -2.53. The van der Waals surface area contributed by atoms with Crippen molar-refractivity contribution in [2.75, 3.05) is 0 Å². The van der Waals surface area contributed by atoms with Crippen LogP contribution in [0.5, 0.6) is 17.2 Å². The number of para-hydroxylation sites is 5. The Labute approximate surface area is 340 Å². The van der Waals surface area contributed by atoms with E-state index in [9.17, 15) is 0 Å². The maximum Gasteiger partial charge on any atom is 0.434 e. The predicted molar refractivity (Wildman–Crippen MR) is 242 cm³/mol. The van der Waals surface area contributed by atoms with E-state index < -0.39 is 0 Å². The van der Waals surface area contributed by atoms with E-state index in [-0.39, 0.29) is 6.92 Å². The van der Waals surface area contributed by atoms with Crippen LogP contribution in [-0.2, 0) is 0 Å². The molecule has 0 spiro atoms. The van der Waals surface area contributed by atoms with Gasteiger partial charge in [-0.1, -0.05) is 140 Å². The highest BCUT2D eigenvalue weighted by molar-refractivity contribution is 6.84. The van der Waals surface area contributed by atoms with Crippen LogP contribution in [0, 0.1) is 0 Å². The molecule has 0 unspecified atom stereocenters. The Balaban J connectivity index is 0.928. The molecule has 11 aromatic rings. The third-order valence-electron chi connectivity index (χ3n) is 12.3. The van der Waals surface area contributed by atoms with Gasteiger partial charge in [0.1, 0.15) is 28.4 Å². The summed E-state index contributed by atoms with van der Waals surface area (Å²) in [6.07, 6.45) is 0. The van der Waals surface area contributed by atoms with Crippen molar-refractivity contribution >= 4 is 61.6 Å². The predicted octanol–water partition coefficient (Wildman–Crippen LogP) is 13.0. The van der Waals surface area contributed by atoms with Gasteiger partial charge >= 0.3 is 6.92 Å². The number of aromatic nitrogens is 1. The zero-order chi connectivity index (χ0) is 38.6. The molecule has 0 atom stereocenters. The first-order valence-electron chi connectivity index (χ1n) is 20.1. The lowest BCUT2D eigenvalue weighted by Gasteiger charge is -2.33. The van der Waals surface area contributed by atoms with Gasteiger partial charge in [0, 0.05) is 49.3 Å². The van der Waals surface area contributed by atoms with Crippen molar-refractivity contribution in [3.05, 3.63) is 194 Å². The summed E-state index contributed by atoms with van der Waals surface area (Å²) in [6, 6.07) is 68.8. The lowest BCUT2D eigenvalue weighted by molar-refractivity contribution is 0.480. The maximum absolute atomic E-state index is 7.00. The molecule has 0 radical (unpaired) electrons. The van der Waals surface area contributed by atoms with Crippen LogP contribution in [0.1, 0.15) is 0 Å². The van der Waals surface area contributed by atoms with Crippen LogP contribution in [0.3, 0.4) is 0 Å². The van der Waals surface area contributed by atoms with Gasteiger partial charge in [-0.05, 0) is 88.0 Å². The molecule has 0 N–H and O–H groups in total. The number of hydrogen-bond acceptors (Lipinski definition) is 3. The Morgan fingerprint density at radius 2 is 1.02 bits per heavy atom. The van der Waals surface area contributed by atoms with E-state index in [0.717, 1.165) is 100 Å². The molecule has 9 aromatic carbocycles. The first kappa shape index (κ1) is 32.3. The van der Waals surface area contributed by atoms with Crippen LogP contribution >= 0.6 is 0 Å². The highest BCUT2D eigenvalue weighted by Crippen LogP contribution is 2.45. The number of fused-ring (bicyclic) bond motifs is 10. The Morgan fingerprint density at radius 3 is 1.83 bits per heavy atom.